The average molecular weight is 562 g/mol. The lowest BCUT2D eigenvalue weighted by Gasteiger charge is -2.32. The Bertz CT molecular complexity index is 1470. The largest absolute Gasteiger partial charge is 0.396 e. The number of anilines is 2. The number of aliphatic hydroxyl groups is 1. The first-order valence-corrected chi connectivity index (χ1v) is 14.3. The van der Waals surface area contributed by atoms with Crippen LogP contribution in [0.5, 0.6) is 0 Å². The van der Waals surface area contributed by atoms with Crippen molar-refractivity contribution >= 4 is 23.2 Å². The van der Waals surface area contributed by atoms with Crippen LogP contribution >= 0.6 is 0 Å². The monoisotopic (exact) mass is 561 g/mol. The molecule has 2 aromatic carbocycles. The van der Waals surface area contributed by atoms with Gasteiger partial charge in [0.25, 0.3) is 5.91 Å². The molecule has 6 rings (SSSR count). The van der Waals surface area contributed by atoms with Crippen molar-refractivity contribution in [2.75, 3.05) is 23.0 Å². The van der Waals surface area contributed by atoms with Crippen LogP contribution < -0.4 is 9.80 Å². The number of aryl methyl sites for hydroxylation is 1. The molecule has 2 amide bonds. The molecule has 2 fully saturated rings. The third-order valence-corrected chi connectivity index (χ3v) is 8.88. The Kier molecular flexibility index (Phi) is 6.94. The second-order valence-electron chi connectivity index (χ2n) is 11.9. The number of β-lactam (4-membered cyclic amide) rings is 1. The van der Waals surface area contributed by atoms with E-state index in [0.717, 1.165) is 22.5 Å². The fraction of sp³-hybridized carbons (Fsp3) is 0.484. The number of amides is 2. The van der Waals surface area contributed by atoms with Gasteiger partial charge in [-0.25, -0.2) is 4.39 Å². The lowest BCUT2D eigenvalue weighted by Crippen LogP contribution is -2.45. The number of fused-ring (bicyclic) bond motifs is 2. The lowest BCUT2D eigenvalue weighted by atomic mass is 9.71. The fourth-order valence-electron chi connectivity index (χ4n) is 6.96. The second-order valence-corrected chi connectivity index (χ2v) is 11.9. The van der Waals surface area contributed by atoms with Crippen molar-refractivity contribution in [2.45, 2.75) is 70.5 Å². The van der Waals surface area contributed by atoms with Gasteiger partial charge >= 0.3 is 0 Å². The molecule has 3 aromatic rings. The molecular formula is C31H36FN5O4. The summed E-state index contributed by atoms with van der Waals surface area (Å²) in [7, 11) is 0. The van der Waals surface area contributed by atoms with Crippen LogP contribution in [-0.2, 0) is 39.4 Å². The topological polar surface area (TPSA) is 101 Å². The fourth-order valence-corrected chi connectivity index (χ4v) is 6.96. The van der Waals surface area contributed by atoms with Gasteiger partial charge < -0.3 is 19.6 Å². The van der Waals surface area contributed by atoms with Gasteiger partial charge in [0.15, 0.2) is 5.60 Å². The molecule has 3 aliphatic rings. The van der Waals surface area contributed by atoms with Crippen molar-refractivity contribution in [2.24, 2.45) is 11.8 Å². The number of carbonyl (C=O) groups is 2. The van der Waals surface area contributed by atoms with Crippen molar-refractivity contribution in [3.05, 3.63) is 71.5 Å². The van der Waals surface area contributed by atoms with Gasteiger partial charge in [-0.3, -0.25) is 14.3 Å². The highest BCUT2D eigenvalue weighted by Crippen LogP contribution is 2.58. The summed E-state index contributed by atoms with van der Waals surface area (Å²) in [5, 5.41) is 17.4. The number of aliphatic hydroxyl groups excluding tert-OH is 1. The van der Waals surface area contributed by atoms with Gasteiger partial charge in [0.2, 0.25) is 5.91 Å². The van der Waals surface area contributed by atoms with E-state index in [-0.39, 0.29) is 18.4 Å². The highest BCUT2D eigenvalue weighted by atomic mass is 19.1. The quantitative estimate of drug-likeness (QED) is 0.399. The van der Waals surface area contributed by atoms with E-state index < -0.39 is 29.2 Å². The standard InChI is InChI=1S/C31H36FN5O4/c1-20-28(30(2,3)32)26(11-14-35-19-22(13-16-38)33-34-35)41-31(20)24-9-4-5-10-25(24)37(29(31)40)18-21-7-6-8-23(17-21)36-15-12-27(36)39/h4-10,17,19-20,26,28,38H,11-16,18H2,1-3H3/t20-,26+,28-,31+/m0/s1. The highest BCUT2D eigenvalue weighted by molar-refractivity contribution is 6.07. The summed E-state index contributed by atoms with van der Waals surface area (Å²) in [4.78, 5) is 30.0. The highest BCUT2D eigenvalue weighted by Gasteiger charge is 2.66. The van der Waals surface area contributed by atoms with E-state index in [4.69, 9.17) is 4.74 Å². The third-order valence-electron chi connectivity index (χ3n) is 8.88. The molecule has 0 saturated carbocycles. The zero-order valence-corrected chi connectivity index (χ0v) is 23.7. The minimum Gasteiger partial charge on any atom is -0.396 e. The summed E-state index contributed by atoms with van der Waals surface area (Å²) in [5.41, 5.74) is 1.02. The molecule has 0 aliphatic carbocycles. The summed E-state index contributed by atoms with van der Waals surface area (Å²) in [6, 6.07) is 15.3. The molecule has 1 spiro atoms. The minimum atomic E-state index is -1.60. The summed E-state index contributed by atoms with van der Waals surface area (Å²) < 4.78 is 24.3. The number of hydrogen-bond acceptors (Lipinski definition) is 6. The lowest BCUT2D eigenvalue weighted by molar-refractivity contribution is -0.146. The van der Waals surface area contributed by atoms with Gasteiger partial charge in [-0.2, -0.15) is 0 Å². The molecular weight excluding hydrogens is 525 g/mol. The van der Waals surface area contributed by atoms with Crippen LogP contribution in [0.2, 0.25) is 0 Å². The molecule has 41 heavy (non-hydrogen) atoms. The summed E-state index contributed by atoms with van der Waals surface area (Å²) in [6.07, 6.45) is 2.66. The van der Waals surface area contributed by atoms with E-state index in [9.17, 15) is 14.7 Å². The molecule has 1 aromatic heterocycles. The van der Waals surface area contributed by atoms with E-state index in [1.165, 1.54) is 0 Å². The smallest absolute Gasteiger partial charge is 0.264 e. The van der Waals surface area contributed by atoms with Crippen LogP contribution in [0.3, 0.4) is 0 Å². The first-order valence-electron chi connectivity index (χ1n) is 14.3. The molecule has 9 nitrogen and oxygen atoms in total. The number of rotatable bonds is 9. The maximum Gasteiger partial charge on any atom is 0.264 e. The Balaban J connectivity index is 1.31. The number of benzene rings is 2. The van der Waals surface area contributed by atoms with Gasteiger partial charge in [0, 0.05) is 61.8 Å². The number of ether oxygens (including phenoxy) is 1. The van der Waals surface area contributed by atoms with Crippen LogP contribution in [0.25, 0.3) is 0 Å². The molecule has 4 atom stereocenters. The normalized spacial score (nSPS) is 25.7. The van der Waals surface area contributed by atoms with E-state index in [2.05, 4.69) is 10.3 Å². The molecule has 0 radical (unpaired) electrons. The SMILES string of the molecule is C[C@H]1[C@H](C(C)(C)F)[C@@H](CCn2cc(CCO)nn2)O[C@]12C(=O)N(Cc1cccc(N3CCC3=O)c1)c1ccccc12. The van der Waals surface area contributed by atoms with E-state index in [0.29, 0.717) is 44.6 Å². The van der Waals surface area contributed by atoms with Gasteiger partial charge in [0.1, 0.15) is 5.67 Å². The predicted octanol–water partition coefficient (Wildman–Crippen LogP) is 3.78. The van der Waals surface area contributed by atoms with Crippen LogP contribution in [0, 0.1) is 11.8 Å². The van der Waals surface area contributed by atoms with Crippen LogP contribution in [0.15, 0.2) is 54.7 Å². The number of halogens is 1. The van der Waals surface area contributed by atoms with Crippen molar-refractivity contribution in [1.82, 2.24) is 15.0 Å². The maximum atomic E-state index is 15.9. The minimum absolute atomic E-state index is 0.0126. The first-order chi connectivity index (χ1) is 19.6. The molecule has 0 bridgehead atoms. The number of carbonyl (C=O) groups excluding carboxylic acids is 2. The van der Waals surface area contributed by atoms with E-state index in [1.54, 1.807) is 34.5 Å². The maximum absolute atomic E-state index is 15.9. The zero-order chi connectivity index (χ0) is 28.9. The number of alkyl halides is 1. The van der Waals surface area contributed by atoms with Gasteiger partial charge in [-0.1, -0.05) is 42.5 Å². The number of nitrogens with zero attached hydrogens (tertiary/aromatic N) is 5. The Labute approximate surface area is 238 Å². The Morgan fingerprint density at radius 3 is 2.68 bits per heavy atom. The Morgan fingerprint density at radius 1 is 1.17 bits per heavy atom. The second kappa shape index (κ2) is 10.3. The van der Waals surface area contributed by atoms with Crippen molar-refractivity contribution < 1.29 is 23.8 Å². The summed E-state index contributed by atoms with van der Waals surface area (Å²) in [6.45, 7) is 6.48. The molecule has 2 saturated heterocycles. The number of para-hydroxylation sites is 1. The third kappa shape index (κ3) is 4.63. The van der Waals surface area contributed by atoms with Crippen molar-refractivity contribution in [1.29, 1.82) is 0 Å². The molecule has 216 valence electrons. The number of hydrogen-bond donors (Lipinski definition) is 1. The van der Waals surface area contributed by atoms with E-state index in [1.807, 2.05) is 55.5 Å². The first kappa shape index (κ1) is 27.5. The van der Waals surface area contributed by atoms with Gasteiger partial charge in [-0.05, 0) is 44.0 Å². The summed E-state index contributed by atoms with van der Waals surface area (Å²) in [5.74, 6) is -1.07. The molecule has 0 unspecified atom stereocenters. The van der Waals surface area contributed by atoms with Gasteiger partial charge in [-0.15, -0.1) is 5.10 Å². The predicted molar refractivity (Wildman–Crippen MR) is 151 cm³/mol. The Hall–Kier alpha value is -3.63. The van der Waals surface area contributed by atoms with Crippen LogP contribution in [0.1, 0.15) is 50.4 Å². The van der Waals surface area contributed by atoms with Gasteiger partial charge in [0.05, 0.1) is 24.0 Å². The van der Waals surface area contributed by atoms with E-state index >= 15 is 4.39 Å². The molecule has 4 heterocycles. The van der Waals surface area contributed by atoms with Crippen LogP contribution in [0.4, 0.5) is 15.8 Å². The summed E-state index contributed by atoms with van der Waals surface area (Å²) >= 11 is 0. The zero-order valence-electron chi connectivity index (χ0n) is 23.7. The Morgan fingerprint density at radius 2 is 1.98 bits per heavy atom. The van der Waals surface area contributed by atoms with Crippen molar-refractivity contribution in [3.8, 4) is 0 Å². The van der Waals surface area contributed by atoms with Crippen molar-refractivity contribution in [3.63, 3.8) is 0 Å². The van der Waals surface area contributed by atoms with Crippen LogP contribution in [-0.4, -0.2) is 56.8 Å². The molecule has 10 heteroatoms. The number of aromatic nitrogens is 3. The molecule has 1 N–H and O–H groups in total. The average Bonchev–Trinajstić information content (AvgIpc) is 3.57. The molecule has 3 aliphatic heterocycles.